The molecule has 2 fully saturated rings. The van der Waals surface area contributed by atoms with Gasteiger partial charge in [-0.25, -0.2) is 8.42 Å². The molecule has 6 N–H and O–H groups in total. The van der Waals surface area contributed by atoms with E-state index in [1.54, 1.807) is 6.07 Å². The van der Waals surface area contributed by atoms with Gasteiger partial charge in [0.05, 0.1) is 10.6 Å². The van der Waals surface area contributed by atoms with E-state index in [0.29, 0.717) is 35.8 Å². The summed E-state index contributed by atoms with van der Waals surface area (Å²) >= 11 is 0. The number of phenols is 1. The number of nitrogens with two attached hydrogens (primary N) is 1. The first-order valence-electron chi connectivity index (χ1n) is 13.7. The highest BCUT2D eigenvalue weighted by Crippen LogP contribution is 2.31. The number of hydrogen-bond donors (Lipinski definition) is 5. The fraction of sp³-hybridized carbons (Fsp3) is 0.407. The molecule has 0 radical (unpaired) electrons. The number of carbonyl (C=O) groups is 1. The largest absolute Gasteiger partial charge is 0.506 e. The molecule has 1 unspecified atom stereocenters. The Bertz CT molecular complexity index is 1500. The topological polar surface area (TPSA) is 179 Å². The van der Waals surface area contributed by atoms with Crippen LogP contribution in [0.25, 0.3) is 0 Å². The molecule has 1 aromatic heterocycles. The van der Waals surface area contributed by atoms with Crippen LogP contribution in [-0.4, -0.2) is 66.6 Å². The minimum absolute atomic E-state index is 0.00846. The molecule has 2 aliphatic rings. The molecule has 3 aromatic rings. The number of phenolic OH excluding ortho intramolecular Hbond substituents is 1. The average Bonchev–Trinajstić information content (AvgIpc) is 2.95. The summed E-state index contributed by atoms with van der Waals surface area (Å²) in [6.45, 7) is 4.57. The summed E-state index contributed by atoms with van der Waals surface area (Å²) < 4.78 is 28.2. The number of nitrogens with zero attached hydrogens (tertiary/aromatic N) is 5. The number of aromatic nitrogens is 3. The van der Waals surface area contributed by atoms with Gasteiger partial charge >= 0.3 is 0 Å². The molecule has 14 heteroatoms. The van der Waals surface area contributed by atoms with Crippen LogP contribution in [-0.2, 0) is 14.8 Å². The van der Waals surface area contributed by atoms with E-state index in [9.17, 15) is 18.3 Å². The maximum Gasteiger partial charge on any atom is 0.262 e. The molecular weight excluding hydrogens is 546 g/mol. The Morgan fingerprint density at radius 1 is 0.927 bits per heavy atom. The van der Waals surface area contributed by atoms with Gasteiger partial charge in [0.1, 0.15) is 5.75 Å². The van der Waals surface area contributed by atoms with Crippen LogP contribution in [0.4, 0.5) is 34.9 Å². The average molecular weight is 582 g/mol. The van der Waals surface area contributed by atoms with Gasteiger partial charge in [-0.3, -0.25) is 9.52 Å². The van der Waals surface area contributed by atoms with Crippen molar-refractivity contribution in [3.8, 4) is 5.75 Å². The third-order valence-electron chi connectivity index (χ3n) is 6.97. The number of aromatic hydroxyl groups is 1. The summed E-state index contributed by atoms with van der Waals surface area (Å²) in [6.07, 6.45) is 5.24. The first kappa shape index (κ1) is 28.4. The summed E-state index contributed by atoms with van der Waals surface area (Å²) in [5, 5.41) is 16.4. The van der Waals surface area contributed by atoms with Gasteiger partial charge < -0.3 is 31.3 Å². The Hall–Kier alpha value is -4.17. The second-order valence-corrected chi connectivity index (χ2v) is 12.0. The molecule has 0 bridgehead atoms. The lowest BCUT2D eigenvalue weighted by molar-refractivity contribution is -0.114. The molecule has 13 nitrogen and oxygen atoms in total. The maximum absolute atomic E-state index is 12.9. The van der Waals surface area contributed by atoms with E-state index in [1.807, 2.05) is 0 Å². The summed E-state index contributed by atoms with van der Waals surface area (Å²) in [5.74, 6) is 0.928. The third kappa shape index (κ3) is 7.13. The Balaban J connectivity index is 1.35. The predicted octanol–water partition coefficient (Wildman–Crippen LogP) is 3.00. The molecular formula is C27H35N9O4S. The molecule has 0 spiro atoms. The van der Waals surface area contributed by atoms with Crippen LogP contribution in [0.3, 0.4) is 0 Å². The number of anilines is 6. The van der Waals surface area contributed by atoms with Crippen molar-refractivity contribution in [3.05, 3.63) is 42.5 Å². The van der Waals surface area contributed by atoms with Crippen molar-refractivity contribution in [2.75, 3.05) is 51.3 Å². The highest BCUT2D eigenvalue weighted by Gasteiger charge is 2.23. The molecule has 2 saturated heterocycles. The summed E-state index contributed by atoms with van der Waals surface area (Å²) in [7, 11) is -3.99. The molecule has 1 atom stereocenters. The fourth-order valence-electron chi connectivity index (χ4n) is 4.93. The third-order valence-corrected chi connectivity index (χ3v) is 8.36. The minimum Gasteiger partial charge on any atom is -0.506 e. The van der Waals surface area contributed by atoms with Crippen molar-refractivity contribution < 1.29 is 18.3 Å². The van der Waals surface area contributed by atoms with Crippen molar-refractivity contribution in [2.24, 2.45) is 5.73 Å². The number of amides is 1. The first-order chi connectivity index (χ1) is 19.7. The molecule has 41 heavy (non-hydrogen) atoms. The molecule has 1 amide bonds. The zero-order chi connectivity index (χ0) is 29.0. The highest BCUT2D eigenvalue weighted by atomic mass is 32.2. The van der Waals surface area contributed by atoms with E-state index in [1.165, 1.54) is 49.7 Å². The normalized spacial score (nSPS) is 17.7. The van der Waals surface area contributed by atoms with E-state index >= 15 is 0 Å². The standard InChI is InChI=1S/C27H35N9O4S/c1-18(37)29-20-7-10-22(11-8-20)41(39,40)34-23-12-9-21(16-24(23)38)30-25-31-26(35-13-3-2-4-14-35)33-27(32-25)36-15-5-6-19(28)17-36/h7-12,16,19,34,38H,2-6,13-15,17,28H2,1H3,(H,29,37)(H,30,31,32,33). The lowest BCUT2D eigenvalue weighted by Crippen LogP contribution is -2.44. The number of sulfonamides is 1. The van der Waals surface area contributed by atoms with Crippen molar-refractivity contribution in [2.45, 2.75) is 50.0 Å². The van der Waals surface area contributed by atoms with Gasteiger partial charge in [0.15, 0.2) is 0 Å². The lowest BCUT2D eigenvalue weighted by Gasteiger charge is -2.32. The zero-order valence-corrected chi connectivity index (χ0v) is 23.7. The number of carbonyl (C=O) groups excluding carboxylic acids is 1. The zero-order valence-electron chi connectivity index (χ0n) is 22.9. The van der Waals surface area contributed by atoms with Crippen LogP contribution in [0.15, 0.2) is 47.4 Å². The van der Waals surface area contributed by atoms with Gasteiger partial charge in [0.2, 0.25) is 23.8 Å². The molecule has 5 rings (SSSR count). The van der Waals surface area contributed by atoms with Crippen LogP contribution >= 0.6 is 0 Å². The fourth-order valence-corrected chi connectivity index (χ4v) is 6.00. The highest BCUT2D eigenvalue weighted by molar-refractivity contribution is 7.92. The number of benzene rings is 2. The van der Waals surface area contributed by atoms with E-state index < -0.39 is 10.0 Å². The van der Waals surface area contributed by atoms with Gasteiger partial charge in [0, 0.05) is 56.6 Å². The Morgan fingerprint density at radius 2 is 1.59 bits per heavy atom. The maximum atomic E-state index is 12.9. The molecule has 0 aliphatic carbocycles. The van der Waals surface area contributed by atoms with E-state index in [-0.39, 0.29) is 28.3 Å². The van der Waals surface area contributed by atoms with Gasteiger partial charge in [-0.15, -0.1) is 0 Å². The molecule has 3 heterocycles. The molecule has 2 aromatic carbocycles. The summed E-state index contributed by atoms with van der Waals surface area (Å²) in [5.41, 5.74) is 7.17. The number of hydrogen-bond acceptors (Lipinski definition) is 11. The number of nitrogens with one attached hydrogen (secondary N) is 3. The first-order valence-corrected chi connectivity index (χ1v) is 15.2. The quantitative estimate of drug-likeness (QED) is 0.247. The number of piperidine rings is 2. The van der Waals surface area contributed by atoms with E-state index in [2.05, 4.69) is 35.1 Å². The van der Waals surface area contributed by atoms with Gasteiger partial charge in [-0.05, 0) is 68.5 Å². The van der Waals surface area contributed by atoms with Crippen molar-refractivity contribution >= 4 is 50.8 Å². The van der Waals surface area contributed by atoms with Crippen molar-refractivity contribution in [3.63, 3.8) is 0 Å². The van der Waals surface area contributed by atoms with Crippen molar-refractivity contribution in [1.29, 1.82) is 0 Å². The summed E-state index contributed by atoms with van der Waals surface area (Å²) in [6, 6.07) is 10.2. The Morgan fingerprint density at radius 3 is 2.24 bits per heavy atom. The second kappa shape index (κ2) is 12.1. The predicted molar refractivity (Wildman–Crippen MR) is 158 cm³/mol. The van der Waals surface area contributed by atoms with Crippen molar-refractivity contribution in [1.82, 2.24) is 15.0 Å². The Kier molecular flexibility index (Phi) is 8.40. The van der Waals surface area contributed by atoms with Crippen LogP contribution in [0.1, 0.15) is 39.0 Å². The van der Waals surface area contributed by atoms with E-state index in [4.69, 9.17) is 10.7 Å². The molecule has 2 aliphatic heterocycles. The van der Waals surface area contributed by atoms with Gasteiger partial charge in [-0.1, -0.05) is 0 Å². The number of rotatable bonds is 8. The van der Waals surface area contributed by atoms with E-state index in [0.717, 1.165) is 45.3 Å². The van der Waals surface area contributed by atoms with Crippen LogP contribution in [0.2, 0.25) is 0 Å². The van der Waals surface area contributed by atoms with Crippen LogP contribution in [0, 0.1) is 0 Å². The smallest absolute Gasteiger partial charge is 0.262 e. The monoisotopic (exact) mass is 581 g/mol. The second-order valence-electron chi connectivity index (χ2n) is 10.3. The summed E-state index contributed by atoms with van der Waals surface area (Å²) in [4.78, 5) is 29.5. The minimum atomic E-state index is -3.99. The molecule has 0 saturated carbocycles. The Labute approximate surface area is 239 Å². The van der Waals surface area contributed by atoms with Gasteiger partial charge in [-0.2, -0.15) is 15.0 Å². The SMILES string of the molecule is CC(=O)Nc1ccc(S(=O)(=O)Nc2ccc(Nc3nc(N4CCCCC4)nc(N4CCCC(N)C4)n3)cc2O)cc1. The van der Waals surface area contributed by atoms with Gasteiger partial charge in [0.25, 0.3) is 10.0 Å². The lowest BCUT2D eigenvalue weighted by atomic mass is 10.1. The van der Waals surface area contributed by atoms with Crippen LogP contribution in [0.5, 0.6) is 5.75 Å². The van der Waals surface area contributed by atoms with Crippen LogP contribution < -0.4 is 30.9 Å². The molecule has 218 valence electrons.